The normalized spacial score (nSPS) is 13.3. The summed E-state index contributed by atoms with van der Waals surface area (Å²) >= 11 is 6.05. The fraction of sp³-hybridized carbons (Fsp3) is 0.200. The van der Waals surface area contributed by atoms with Gasteiger partial charge in [0.25, 0.3) is 5.91 Å². The van der Waals surface area contributed by atoms with Gasteiger partial charge in [-0.1, -0.05) is 41.9 Å². The number of carbonyl (C=O) groups is 1. The van der Waals surface area contributed by atoms with Gasteiger partial charge in [0, 0.05) is 17.5 Å². The van der Waals surface area contributed by atoms with Crippen LogP contribution in [-0.2, 0) is 10.3 Å². The van der Waals surface area contributed by atoms with E-state index in [1.54, 1.807) is 37.4 Å². The van der Waals surface area contributed by atoms with Crippen molar-refractivity contribution in [2.24, 2.45) is 0 Å². The van der Waals surface area contributed by atoms with Crippen LogP contribution in [-0.4, -0.2) is 19.6 Å². The summed E-state index contributed by atoms with van der Waals surface area (Å²) < 4.78 is 10.8. The Morgan fingerprint density at radius 2 is 1.96 bits per heavy atom. The van der Waals surface area contributed by atoms with Gasteiger partial charge in [-0.2, -0.15) is 0 Å². The maximum absolute atomic E-state index is 12.5. The topological polar surface area (TPSA) is 68.5 Å². The largest absolute Gasteiger partial charge is 0.422 e. The van der Waals surface area contributed by atoms with Crippen LogP contribution in [0.1, 0.15) is 22.8 Å². The Bertz CT molecular complexity index is 1010. The van der Waals surface area contributed by atoms with Crippen molar-refractivity contribution in [2.75, 3.05) is 13.7 Å². The Kier molecular flexibility index (Phi) is 5.11. The average molecular weight is 372 g/mol. The maximum atomic E-state index is 12.5. The molecule has 0 saturated carbocycles. The standard InChI is InChI=1S/C20H18ClNO4/c1-20(25-2,14-7-5-8-15(21)11-14)12-22-18(23)16-10-13-6-3-4-9-17(13)26-19(16)24/h3-11H,12H2,1-2H3,(H,22,23). The number of fused-ring (bicyclic) bond motifs is 1. The number of amides is 1. The zero-order chi connectivity index (χ0) is 18.7. The molecule has 0 bridgehead atoms. The van der Waals surface area contributed by atoms with E-state index in [0.717, 1.165) is 5.56 Å². The number of carbonyl (C=O) groups excluding carboxylic acids is 1. The lowest BCUT2D eigenvalue weighted by atomic mass is 9.95. The number of ether oxygens (including phenoxy) is 1. The average Bonchev–Trinajstić information content (AvgIpc) is 2.65. The van der Waals surface area contributed by atoms with Gasteiger partial charge in [0.2, 0.25) is 0 Å². The van der Waals surface area contributed by atoms with Gasteiger partial charge < -0.3 is 14.5 Å². The number of hydrogen-bond acceptors (Lipinski definition) is 4. The van der Waals surface area contributed by atoms with E-state index in [0.29, 0.717) is 16.0 Å². The zero-order valence-corrected chi connectivity index (χ0v) is 15.2. The first kappa shape index (κ1) is 18.2. The predicted octanol–water partition coefficient (Wildman–Crippen LogP) is 3.74. The molecule has 0 saturated heterocycles. The molecule has 3 rings (SSSR count). The van der Waals surface area contributed by atoms with Gasteiger partial charge in [-0.05, 0) is 36.8 Å². The lowest BCUT2D eigenvalue weighted by molar-refractivity contribution is 0.00312. The molecule has 1 N–H and O–H groups in total. The van der Waals surface area contributed by atoms with Crippen LogP contribution in [0.15, 0.2) is 63.8 Å². The highest BCUT2D eigenvalue weighted by Crippen LogP contribution is 2.26. The number of methoxy groups -OCH3 is 1. The van der Waals surface area contributed by atoms with Crippen LogP contribution in [0, 0.1) is 0 Å². The second-order valence-corrected chi connectivity index (χ2v) is 6.55. The summed E-state index contributed by atoms with van der Waals surface area (Å²) in [5, 5.41) is 4.01. The SMILES string of the molecule is COC(C)(CNC(=O)c1cc2ccccc2oc1=O)c1cccc(Cl)c1. The Hall–Kier alpha value is -2.63. The van der Waals surface area contributed by atoms with Gasteiger partial charge in [-0.25, -0.2) is 4.79 Å². The Morgan fingerprint density at radius 1 is 1.19 bits per heavy atom. The molecule has 0 spiro atoms. The van der Waals surface area contributed by atoms with E-state index < -0.39 is 17.1 Å². The number of para-hydroxylation sites is 1. The van der Waals surface area contributed by atoms with Gasteiger partial charge in [0.05, 0.1) is 6.54 Å². The van der Waals surface area contributed by atoms with E-state index in [2.05, 4.69) is 5.32 Å². The molecule has 1 unspecified atom stereocenters. The molecule has 6 heteroatoms. The Balaban J connectivity index is 1.83. The molecule has 0 radical (unpaired) electrons. The highest BCUT2D eigenvalue weighted by molar-refractivity contribution is 6.30. The molecule has 1 atom stereocenters. The fourth-order valence-electron chi connectivity index (χ4n) is 2.67. The molecular formula is C20H18ClNO4. The number of halogens is 1. The quantitative estimate of drug-likeness (QED) is 0.694. The molecule has 0 fully saturated rings. The van der Waals surface area contributed by atoms with Crippen molar-refractivity contribution in [2.45, 2.75) is 12.5 Å². The molecule has 5 nitrogen and oxygen atoms in total. The number of benzene rings is 2. The van der Waals surface area contributed by atoms with Gasteiger partial charge >= 0.3 is 5.63 Å². The molecule has 1 amide bonds. The van der Waals surface area contributed by atoms with Crippen molar-refractivity contribution in [3.8, 4) is 0 Å². The fourth-order valence-corrected chi connectivity index (χ4v) is 2.86. The van der Waals surface area contributed by atoms with E-state index in [1.807, 2.05) is 25.1 Å². The molecule has 3 aromatic rings. The first-order valence-electron chi connectivity index (χ1n) is 8.05. The van der Waals surface area contributed by atoms with Gasteiger partial charge in [-0.3, -0.25) is 4.79 Å². The second kappa shape index (κ2) is 7.32. The first-order valence-corrected chi connectivity index (χ1v) is 8.43. The molecule has 1 heterocycles. The Labute approximate surface area is 155 Å². The minimum absolute atomic E-state index is 0.0479. The molecule has 26 heavy (non-hydrogen) atoms. The predicted molar refractivity (Wildman–Crippen MR) is 101 cm³/mol. The lowest BCUT2D eigenvalue weighted by Gasteiger charge is -2.29. The molecule has 1 aromatic heterocycles. The highest BCUT2D eigenvalue weighted by Gasteiger charge is 2.28. The van der Waals surface area contributed by atoms with Crippen LogP contribution in [0.4, 0.5) is 0 Å². The van der Waals surface area contributed by atoms with Gasteiger partial charge in [-0.15, -0.1) is 0 Å². The van der Waals surface area contributed by atoms with Gasteiger partial charge in [0.15, 0.2) is 0 Å². The van der Waals surface area contributed by atoms with E-state index in [9.17, 15) is 9.59 Å². The summed E-state index contributed by atoms with van der Waals surface area (Å²) in [7, 11) is 1.55. The maximum Gasteiger partial charge on any atom is 0.349 e. The molecule has 0 aliphatic carbocycles. The van der Waals surface area contributed by atoms with Crippen molar-refractivity contribution in [3.63, 3.8) is 0 Å². The molecular weight excluding hydrogens is 354 g/mol. The summed E-state index contributed by atoms with van der Waals surface area (Å²) in [6.45, 7) is 2.00. The number of nitrogens with one attached hydrogen (secondary N) is 1. The monoisotopic (exact) mass is 371 g/mol. The minimum Gasteiger partial charge on any atom is -0.422 e. The first-order chi connectivity index (χ1) is 12.4. The van der Waals surface area contributed by atoms with Crippen LogP contribution in [0.25, 0.3) is 11.0 Å². The summed E-state index contributed by atoms with van der Waals surface area (Å²) in [4.78, 5) is 24.6. The molecule has 134 valence electrons. The smallest absolute Gasteiger partial charge is 0.349 e. The third-order valence-corrected chi connectivity index (χ3v) is 4.59. The van der Waals surface area contributed by atoms with Gasteiger partial charge in [0.1, 0.15) is 16.7 Å². The van der Waals surface area contributed by atoms with Crippen molar-refractivity contribution >= 4 is 28.5 Å². The van der Waals surface area contributed by atoms with Crippen LogP contribution >= 0.6 is 11.6 Å². The third-order valence-electron chi connectivity index (χ3n) is 4.36. The van der Waals surface area contributed by atoms with E-state index in [1.165, 1.54) is 6.07 Å². The second-order valence-electron chi connectivity index (χ2n) is 6.11. The number of hydrogen-bond donors (Lipinski definition) is 1. The molecule has 2 aromatic carbocycles. The van der Waals surface area contributed by atoms with Crippen LogP contribution in [0.5, 0.6) is 0 Å². The van der Waals surface area contributed by atoms with E-state index >= 15 is 0 Å². The van der Waals surface area contributed by atoms with Crippen LogP contribution in [0.2, 0.25) is 5.02 Å². The van der Waals surface area contributed by atoms with Crippen molar-refractivity contribution in [1.82, 2.24) is 5.32 Å². The van der Waals surface area contributed by atoms with Crippen molar-refractivity contribution in [3.05, 3.63) is 81.2 Å². The lowest BCUT2D eigenvalue weighted by Crippen LogP contribution is -2.41. The molecule has 0 aliphatic rings. The van der Waals surface area contributed by atoms with E-state index in [-0.39, 0.29) is 12.1 Å². The van der Waals surface area contributed by atoms with E-state index in [4.69, 9.17) is 20.8 Å². The minimum atomic E-state index is -0.794. The molecule has 0 aliphatic heterocycles. The summed E-state index contributed by atoms with van der Waals surface area (Å²) in [6.07, 6.45) is 0. The van der Waals surface area contributed by atoms with Crippen LogP contribution in [0.3, 0.4) is 0 Å². The number of rotatable bonds is 5. The van der Waals surface area contributed by atoms with Crippen molar-refractivity contribution < 1.29 is 13.9 Å². The zero-order valence-electron chi connectivity index (χ0n) is 14.4. The Morgan fingerprint density at radius 3 is 2.69 bits per heavy atom. The summed E-state index contributed by atoms with van der Waals surface area (Å²) in [6, 6.07) is 15.8. The van der Waals surface area contributed by atoms with Crippen LogP contribution < -0.4 is 10.9 Å². The summed E-state index contributed by atoms with van der Waals surface area (Å²) in [5.74, 6) is -0.519. The third kappa shape index (κ3) is 3.64. The summed E-state index contributed by atoms with van der Waals surface area (Å²) in [5.41, 5.74) is -0.262. The van der Waals surface area contributed by atoms with Crippen molar-refractivity contribution in [1.29, 1.82) is 0 Å². The highest BCUT2D eigenvalue weighted by atomic mass is 35.5.